The molecule has 0 N–H and O–H groups in total. The van der Waals surface area contributed by atoms with Crippen molar-refractivity contribution >= 4 is 21.6 Å². The van der Waals surface area contributed by atoms with E-state index in [2.05, 4.69) is 58.9 Å². The molecule has 0 unspecified atom stereocenters. The summed E-state index contributed by atoms with van der Waals surface area (Å²) in [4.78, 5) is 2.56. The highest BCUT2D eigenvalue weighted by molar-refractivity contribution is 9.10. The van der Waals surface area contributed by atoms with Crippen molar-refractivity contribution in [2.24, 2.45) is 0 Å². The Balaban J connectivity index is 2.52. The number of anilines is 1. The van der Waals surface area contributed by atoms with E-state index >= 15 is 0 Å². The number of hydrogen-bond acceptors (Lipinski definition) is 1. The van der Waals surface area contributed by atoms with E-state index in [-0.39, 0.29) is 0 Å². The summed E-state index contributed by atoms with van der Waals surface area (Å²) < 4.78 is 1.23. The molecule has 0 aromatic heterocycles. The van der Waals surface area contributed by atoms with Crippen LogP contribution >= 0.6 is 15.9 Å². The maximum atomic E-state index is 3.70. The van der Waals surface area contributed by atoms with Crippen LogP contribution in [0.3, 0.4) is 0 Å². The second kappa shape index (κ2) is 11.2. The van der Waals surface area contributed by atoms with Crippen molar-refractivity contribution in [2.75, 3.05) is 18.0 Å². The van der Waals surface area contributed by atoms with Crippen LogP contribution in [0.15, 0.2) is 28.7 Å². The molecule has 0 bridgehead atoms. The van der Waals surface area contributed by atoms with Gasteiger partial charge in [0.25, 0.3) is 0 Å². The lowest BCUT2D eigenvalue weighted by Crippen LogP contribution is -2.26. The molecule has 114 valence electrons. The predicted molar refractivity (Wildman–Crippen MR) is 94.6 cm³/mol. The topological polar surface area (TPSA) is 3.24 Å². The Morgan fingerprint density at radius 3 is 1.85 bits per heavy atom. The van der Waals surface area contributed by atoms with Gasteiger partial charge in [-0.25, -0.2) is 0 Å². The molecule has 2 heteroatoms. The maximum Gasteiger partial charge on any atom is 0.0510 e. The first-order chi connectivity index (χ1) is 9.79. The van der Waals surface area contributed by atoms with E-state index in [0.717, 1.165) is 0 Å². The fourth-order valence-corrected chi connectivity index (χ4v) is 3.06. The molecule has 0 fully saturated rings. The summed E-state index contributed by atoms with van der Waals surface area (Å²) in [5.74, 6) is 0. The third kappa shape index (κ3) is 6.78. The van der Waals surface area contributed by atoms with Gasteiger partial charge in [0.15, 0.2) is 0 Å². The Labute approximate surface area is 133 Å². The number of halogens is 1. The molecule has 0 radical (unpaired) electrons. The van der Waals surface area contributed by atoms with Crippen LogP contribution in [0.5, 0.6) is 0 Å². The molecule has 0 saturated heterocycles. The molecular formula is C18H30BrN. The van der Waals surface area contributed by atoms with Crippen LogP contribution in [0.1, 0.15) is 65.2 Å². The maximum absolute atomic E-state index is 3.70. The van der Waals surface area contributed by atoms with Gasteiger partial charge in [-0.15, -0.1) is 0 Å². The Hall–Kier alpha value is -0.500. The molecule has 20 heavy (non-hydrogen) atoms. The molecule has 0 aliphatic carbocycles. The van der Waals surface area contributed by atoms with Gasteiger partial charge in [0.1, 0.15) is 0 Å². The molecule has 0 heterocycles. The van der Waals surface area contributed by atoms with Crippen molar-refractivity contribution in [3.05, 3.63) is 28.7 Å². The second-order valence-electron chi connectivity index (χ2n) is 5.56. The highest BCUT2D eigenvalue weighted by Crippen LogP contribution is 2.26. The summed E-state index contributed by atoms with van der Waals surface area (Å²) in [5, 5.41) is 0. The number of unbranched alkanes of at least 4 members (excludes halogenated alkanes) is 6. The second-order valence-corrected chi connectivity index (χ2v) is 6.41. The van der Waals surface area contributed by atoms with Gasteiger partial charge in [0.2, 0.25) is 0 Å². The normalized spacial score (nSPS) is 10.8. The van der Waals surface area contributed by atoms with Crippen molar-refractivity contribution in [1.29, 1.82) is 0 Å². The van der Waals surface area contributed by atoms with Crippen molar-refractivity contribution < 1.29 is 0 Å². The first-order valence-corrected chi connectivity index (χ1v) is 9.08. The summed E-state index contributed by atoms with van der Waals surface area (Å²) in [6, 6.07) is 8.63. The lowest BCUT2D eigenvalue weighted by atomic mass is 10.1. The Morgan fingerprint density at radius 1 is 0.800 bits per heavy atom. The quantitative estimate of drug-likeness (QED) is 0.420. The lowest BCUT2D eigenvalue weighted by molar-refractivity contribution is 0.608. The van der Waals surface area contributed by atoms with E-state index in [0.29, 0.717) is 0 Å². The van der Waals surface area contributed by atoms with E-state index in [4.69, 9.17) is 0 Å². The smallest absolute Gasteiger partial charge is 0.0510 e. The summed E-state index contributed by atoms with van der Waals surface area (Å²) in [5.41, 5.74) is 1.36. The van der Waals surface area contributed by atoms with Crippen molar-refractivity contribution in [3.8, 4) is 0 Å². The minimum atomic E-state index is 1.19. The summed E-state index contributed by atoms with van der Waals surface area (Å²) >= 11 is 3.70. The molecule has 0 amide bonds. The molecule has 1 rings (SSSR count). The molecule has 0 aliphatic heterocycles. The highest BCUT2D eigenvalue weighted by atomic mass is 79.9. The fraction of sp³-hybridized carbons (Fsp3) is 0.667. The van der Waals surface area contributed by atoms with Crippen LogP contribution in [-0.4, -0.2) is 13.1 Å². The van der Waals surface area contributed by atoms with Crippen molar-refractivity contribution in [2.45, 2.75) is 65.2 Å². The molecule has 0 spiro atoms. The molecule has 0 saturated carbocycles. The molecule has 0 atom stereocenters. The molecular weight excluding hydrogens is 310 g/mol. The van der Waals surface area contributed by atoms with Crippen LogP contribution in [-0.2, 0) is 0 Å². The Kier molecular flexibility index (Phi) is 9.82. The van der Waals surface area contributed by atoms with E-state index < -0.39 is 0 Å². The zero-order valence-corrected chi connectivity index (χ0v) is 14.8. The number of benzene rings is 1. The third-order valence-electron chi connectivity index (χ3n) is 3.76. The minimum Gasteiger partial charge on any atom is -0.371 e. The van der Waals surface area contributed by atoms with Crippen LogP contribution in [0.2, 0.25) is 0 Å². The van der Waals surface area contributed by atoms with Crippen LogP contribution in [0.25, 0.3) is 0 Å². The number of para-hydroxylation sites is 1. The largest absolute Gasteiger partial charge is 0.371 e. The monoisotopic (exact) mass is 339 g/mol. The predicted octanol–water partition coefficient (Wildman–Crippen LogP) is 6.42. The third-order valence-corrected chi connectivity index (χ3v) is 4.43. The van der Waals surface area contributed by atoms with Gasteiger partial charge < -0.3 is 4.90 Å². The minimum absolute atomic E-state index is 1.19. The summed E-state index contributed by atoms with van der Waals surface area (Å²) in [6.07, 6.45) is 10.7. The molecule has 0 aliphatic rings. The van der Waals surface area contributed by atoms with Crippen molar-refractivity contribution in [3.63, 3.8) is 0 Å². The van der Waals surface area contributed by atoms with Gasteiger partial charge in [0, 0.05) is 17.6 Å². The summed E-state index contributed by atoms with van der Waals surface area (Å²) in [7, 11) is 0. The standard InChI is InChI=1S/C18H30BrN/c1-3-5-7-11-15-20(16-12-8-6-4-2)18-14-10-9-13-17(18)19/h9-10,13-14H,3-8,11-12,15-16H2,1-2H3. The lowest BCUT2D eigenvalue weighted by Gasteiger charge is -2.26. The highest BCUT2D eigenvalue weighted by Gasteiger charge is 2.09. The first kappa shape index (κ1) is 17.6. The zero-order valence-electron chi connectivity index (χ0n) is 13.2. The van der Waals surface area contributed by atoms with E-state index in [9.17, 15) is 0 Å². The number of rotatable bonds is 11. The van der Waals surface area contributed by atoms with E-state index in [1.165, 1.54) is 74.6 Å². The van der Waals surface area contributed by atoms with Gasteiger partial charge in [-0.3, -0.25) is 0 Å². The SMILES string of the molecule is CCCCCCN(CCCCCC)c1ccccc1Br. The van der Waals surface area contributed by atoms with Gasteiger partial charge >= 0.3 is 0 Å². The van der Waals surface area contributed by atoms with E-state index in [1.807, 2.05) is 0 Å². The molecule has 1 aromatic carbocycles. The van der Waals surface area contributed by atoms with Crippen LogP contribution < -0.4 is 4.90 Å². The number of nitrogens with zero attached hydrogens (tertiary/aromatic N) is 1. The van der Waals surface area contributed by atoms with Gasteiger partial charge in [-0.2, -0.15) is 0 Å². The zero-order chi connectivity index (χ0) is 14.6. The fourth-order valence-electron chi connectivity index (χ4n) is 2.52. The average molecular weight is 340 g/mol. The Morgan fingerprint density at radius 2 is 1.35 bits per heavy atom. The number of hydrogen-bond donors (Lipinski definition) is 0. The summed E-state index contributed by atoms with van der Waals surface area (Å²) in [6.45, 7) is 6.93. The van der Waals surface area contributed by atoms with Gasteiger partial charge in [0.05, 0.1) is 5.69 Å². The molecule has 1 aromatic rings. The van der Waals surface area contributed by atoms with Crippen LogP contribution in [0, 0.1) is 0 Å². The van der Waals surface area contributed by atoms with Gasteiger partial charge in [-0.1, -0.05) is 64.5 Å². The van der Waals surface area contributed by atoms with Gasteiger partial charge in [-0.05, 0) is 40.9 Å². The van der Waals surface area contributed by atoms with E-state index in [1.54, 1.807) is 0 Å². The van der Waals surface area contributed by atoms with Crippen molar-refractivity contribution in [1.82, 2.24) is 0 Å². The first-order valence-electron chi connectivity index (χ1n) is 8.29. The average Bonchev–Trinajstić information content (AvgIpc) is 2.46. The Bertz CT molecular complexity index is 339. The van der Waals surface area contributed by atoms with Crippen LogP contribution in [0.4, 0.5) is 5.69 Å². The molecule has 1 nitrogen and oxygen atoms in total.